The number of ketones is 1. The van der Waals surface area contributed by atoms with Gasteiger partial charge in [-0.15, -0.1) is 0 Å². The first-order valence-electron chi connectivity index (χ1n) is 9.69. The molecule has 2 heterocycles. The van der Waals surface area contributed by atoms with Crippen LogP contribution in [0.3, 0.4) is 0 Å². The number of esters is 1. The lowest BCUT2D eigenvalue weighted by Crippen LogP contribution is -2.25. The number of anilines is 1. The van der Waals surface area contributed by atoms with E-state index < -0.39 is 18.4 Å². The quantitative estimate of drug-likeness (QED) is 0.395. The SMILES string of the molecule is Cc1c(C(=O)OCC(=O)c2ccc3c(c2)NC(=O)CO3)oc2c1ccc1ccccc12. The Bertz CT molecular complexity index is 1380. The van der Waals surface area contributed by atoms with E-state index in [2.05, 4.69) is 5.32 Å². The molecule has 0 unspecified atom stereocenters. The summed E-state index contributed by atoms with van der Waals surface area (Å²) in [6, 6.07) is 16.3. The van der Waals surface area contributed by atoms with Crippen molar-refractivity contribution in [1.82, 2.24) is 0 Å². The number of nitrogens with one attached hydrogen (secondary N) is 1. The van der Waals surface area contributed by atoms with Crippen LogP contribution in [0.4, 0.5) is 5.69 Å². The predicted molar refractivity (Wildman–Crippen MR) is 114 cm³/mol. The smallest absolute Gasteiger partial charge is 0.375 e. The van der Waals surface area contributed by atoms with Crippen molar-refractivity contribution >= 4 is 45.1 Å². The van der Waals surface area contributed by atoms with Crippen LogP contribution in [0.15, 0.2) is 59.0 Å². The molecule has 1 aliphatic heterocycles. The van der Waals surface area contributed by atoms with E-state index in [-0.39, 0.29) is 18.3 Å². The molecule has 0 radical (unpaired) electrons. The van der Waals surface area contributed by atoms with Gasteiger partial charge < -0.3 is 19.2 Å². The first kappa shape index (κ1) is 18.9. The number of amides is 1. The lowest BCUT2D eigenvalue weighted by Gasteiger charge is -2.18. The Hall–Kier alpha value is -4.13. The van der Waals surface area contributed by atoms with Crippen LogP contribution in [-0.4, -0.2) is 30.9 Å². The molecule has 1 aliphatic rings. The minimum absolute atomic E-state index is 0.0654. The van der Waals surface area contributed by atoms with Gasteiger partial charge in [-0.25, -0.2) is 4.79 Å². The second kappa shape index (κ2) is 7.28. The average Bonchev–Trinajstić information content (AvgIpc) is 3.13. The lowest BCUT2D eigenvalue weighted by molar-refractivity contribution is -0.118. The van der Waals surface area contributed by atoms with Gasteiger partial charge in [-0.05, 0) is 30.5 Å². The number of ether oxygens (including phenoxy) is 2. The molecule has 0 saturated heterocycles. The number of carbonyl (C=O) groups is 3. The van der Waals surface area contributed by atoms with Crippen molar-refractivity contribution in [2.24, 2.45) is 0 Å². The second-order valence-electron chi connectivity index (χ2n) is 7.27. The first-order chi connectivity index (χ1) is 15.0. The second-order valence-corrected chi connectivity index (χ2v) is 7.27. The number of fused-ring (bicyclic) bond motifs is 4. The summed E-state index contributed by atoms with van der Waals surface area (Å²) in [6.45, 7) is 1.26. The number of Topliss-reactive ketones (excluding diaryl/α,β-unsaturated/α-hetero) is 1. The Kier molecular flexibility index (Phi) is 4.43. The minimum Gasteiger partial charge on any atom is -0.482 e. The molecule has 0 bridgehead atoms. The van der Waals surface area contributed by atoms with E-state index in [1.165, 1.54) is 6.07 Å². The number of hydrogen-bond donors (Lipinski definition) is 1. The molecule has 154 valence electrons. The van der Waals surface area contributed by atoms with E-state index in [1.54, 1.807) is 19.1 Å². The van der Waals surface area contributed by atoms with E-state index in [4.69, 9.17) is 13.9 Å². The fourth-order valence-electron chi connectivity index (χ4n) is 3.68. The van der Waals surface area contributed by atoms with Crippen molar-refractivity contribution in [3.05, 3.63) is 71.5 Å². The molecule has 0 saturated carbocycles. The molecular weight excluding hydrogens is 398 g/mol. The van der Waals surface area contributed by atoms with Crippen LogP contribution in [0.5, 0.6) is 5.75 Å². The summed E-state index contributed by atoms with van der Waals surface area (Å²) in [5, 5.41) is 5.37. The highest BCUT2D eigenvalue weighted by atomic mass is 16.5. The summed E-state index contributed by atoms with van der Waals surface area (Å²) in [6.07, 6.45) is 0. The molecular formula is C24H17NO6. The van der Waals surface area contributed by atoms with Crippen molar-refractivity contribution in [2.75, 3.05) is 18.5 Å². The Morgan fingerprint density at radius 3 is 2.77 bits per heavy atom. The van der Waals surface area contributed by atoms with Crippen LogP contribution < -0.4 is 10.1 Å². The largest absolute Gasteiger partial charge is 0.482 e. The molecule has 0 spiro atoms. The summed E-state index contributed by atoms with van der Waals surface area (Å²) < 4.78 is 16.4. The monoisotopic (exact) mass is 415 g/mol. The summed E-state index contributed by atoms with van der Waals surface area (Å²) in [5.41, 5.74) is 1.98. The molecule has 1 N–H and O–H groups in total. The number of benzene rings is 3. The third-order valence-corrected chi connectivity index (χ3v) is 5.28. The van der Waals surface area contributed by atoms with Crippen molar-refractivity contribution in [1.29, 1.82) is 0 Å². The highest BCUT2D eigenvalue weighted by molar-refractivity contribution is 6.08. The van der Waals surface area contributed by atoms with Crippen LogP contribution in [0, 0.1) is 6.92 Å². The minimum atomic E-state index is -0.708. The number of rotatable bonds is 4. The predicted octanol–water partition coefficient (Wildman–Crippen LogP) is 4.27. The molecule has 7 heteroatoms. The Morgan fingerprint density at radius 1 is 1.06 bits per heavy atom. The van der Waals surface area contributed by atoms with Crippen molar-refractivity contribution < 1.29 is 28.3 Å². The summed E-state index contributed by atoms with van der Waals surface area (Å²) in [5.74, 6) is -0.851. The van der Waals surface area contributed by atoms with Crippen LogP contribution in [0.1, 0.15) is 26.5 Å². The molecule has 5 rings (SSSR count). The highest BCUT2D eigenvalue weighted by Crippen LogP contribution is 2.32. The van der Waals surface area contributed by atoms with Gasteiger partial charge in [0.25, 0.3) is 5.91 Å². The van der Waals surface area contributed by atoms with Gasteiger partial charge in [0.05, 0.1) is 5.69 Å². The molecule has 0 aliphatic carbocycles. The molecule has 0 atom stereocenters. The summed E-state index contributed by atoms with van der Waals surface area (Å²) in [7, 11) is 0. The maximum atomic E-state index is 12.6. The van der Waals surface area contributed by atoms with E-state index in [1.807, 2.05) is 36.4 Å². The van der Waals surface area contributed by atoms with Gasteiger partial charge >= 0.3 is 5.97 Å². The van der Waals surface area contributed by atoms with E-state index in [9.17, 15) is 14.4 Å². The Balaban J connectivity index is 1.36. The fraction of sp³-hybridized carbons (Fsp3) is 0.125. The van der Waals surface area contributed by atoms with Crippen LogP contribution in [-0.2, 0) is 9.53 Å². The molecule has 7 nitrogen and oxygen atoms in total. The van der Waals surface area contributed by atoms with Crippen LogP contribution in [0.25, 0.3) is 21.7 Å². The zero-order valence-corrected chi connectivity index (χ0v) is 16.6. The van der Waals surface area contributed by atoms with Gasteiger partial charge in [-0.3, -0.25) is 9.59 Å². The van der Waals surface area contributed by atoms with Gasteiger partial charge in [0.1, 0.15) is 11.3 Å². The number of furan rings is 1. The highest BCUT2D eigenvalue weighted by Gasteiger charge is 2.22. The first-order valence-corrected chi connectivity index (χ1v) is 9.69. The summed E-state index contributed by atoms with van der Waals surface area (Å²) in [4.78, 5) is 36.6. The maximum Gasteiger partial charge on any atom is 0.375 e. The Labute approximate surface area is 176 Å². The molecule has 1 aromatic heterocycles. The fourth-order valence-corrected chi connectivity index (χ4v) is 3.68. The molecule has 31 heavy (non-hydrogen) atoms. The van der Waals surface area contributed by atoms with E-state index in [0.29, 0.717) is 28.1 Å². The zero-order valence-electron chi connectivity index (χ0n) is 16.6. The summed E-state index contributed by atoms with van der Waals surface area (Å²) >= 11 is 0. The van der Waals surface area contributed by atoms with Gasteiger partial charge in [0.2, 0.25) is 5.76 Å². The van der Waals surface area contributed by atoms with Crippen molar-refractivity contribution in [3.8, 4) is 5.75 Å². The van der Waals surface area contributed by atoms with E-state index >= 15 is 0 Å². The van der Waals surface area contributed by atoms with Crippen LogP contribution in [0.2, 0.25) is 0 Å². The number of aryl methyl sites for hydroxylation is 1. The molecule has 0 fully saturated rings. The molecule has 1 amide bonds. The normalized spacial score (nSPS) is 12.9. The zero-order chi connectivity index (χ0) is 21.5. The topological polar surface area (TPSA) is 94.8 Å². The number of carbonyl (C=O) groups excluding carboxylic acids is 3. The van der Waals surface area contributed by atoms with E-state index in [0.717, 1.165) is 16.2 Å². The Morgan fingerprint density at radius 2 is 1.90 bits per heavy atom. The average molecular weight is 415 g/mol. The molecule has 3 aromatic carbocycles. The maximum absolute atomic E-state index is 12.6. The lowest BCUT2D eigenvalue weighted by atomic mass is 10.1. The van der Waals surface area contributed by atoms with Gasteiger partial charge in [-0.2, -0.15) is 0 Å². The van der Waals surface area contributed by atoms with Crippen molar-refractivity contribution in [2.45, 2.75) is 6.92 Å². The standard InChI is InChI=1S/C24H17NO6/c1-13-16-8-6-14-4-2-3-5-17(14)23(16)31-22(13)24(28)30-11-19(26)15-7-9-20-18(10-15)25-21(27)12-29-20/h2-10H,11-12H2,1H3,(H,25,27). The van der Waals surface area contributed by atoms with Crippen LogP contribution >= 0.6 is 0 Å². The third kappa shape index (κ3) is 3.30. The van der Waals surface area contributed by atoms with Gasteiger partial charge in [0.15, 0.2) is 19.0 Å². The number of hydrogen-bond acceptors (Lipinski definition) is 6. The van der Waals surface area contributed by atoms with Gasteiger partial charge in [0, 0.05) is 21.9 Å². The third-order valence-electron chi connectivity index (χ3n) is 5.28. The molecule has 4 aromatic rings. The van der Waals surface area contributed by atoms with Crippen molar-refractivity contribution in [3.63, 3.8) is 0 Å². The van der Waals surface area contributed by atoms with Gasteiger partial charge in [-0.1, -0.05) is 36.4 Å².